The molecular formula is C27H32N4O4. The normalized spacial score (nSPS) is 10.3. The fraction of sp³-hybridized carbons (Fsp3) is 0.259. The number of hydrogen-bond acceptors (Lipinski definition) is 6. The quantitative estimate of drug-likeness (QED) is 0.257. The van der Waals surface area contributed by atoms with Crippen molar-refractivity contribution >= 4 is 11.7 Å². The maximum atomic E-state index is 7.93. The monoisotopic (exact) mass is 476 g/mol. The van der Waals surface area contributed by atoms with Crippen molar-refractivity contribution in [3.63, 3.8) is 0 Å². The highest BCUT2D eigenvalue weighted by atomic mass is 16.5. The first-order valence-corrected chi connectivity index (χ1v) is 11.1. The van der Waals surface area contributed by atoms with Crippen LogP contribution in [-0.4, -0.2) is 40.0 Å². The smallest absolute Gasteiger partial charge is 0.161 e. The molecule has 0 heterocycles. The van der Waals surface area contributed by atoms with Crippen molar-refractivity contribution in [3.8, 4) is 23.0 Å². The van der Waals surface area contributed by atoms with Gasteiger partial charge in [0.1, 0.15) is 24.9 Å². The molecule has 0 atom stereocenters. The van der Waals surface area contributed by atoms with E-state index in [1.165, 1.54) is 0 Å². The first-order chi connectivity index (χ1) is 16.9. The molecule has 0 spiro atoms. The molecule has 184 valence electrons. The van der Waals surface area contributed by atoms with Gasteiger partial charge < -0.3 is 29.6 Å². The van der Waals surface area contributed by atoms with E-state index in [0.29, 0.717) is 47.9 Å². The molecule has 35 heavy (non-hydrogen) atoms. The molecule has 4 N–H and O–H groups in total. The van der Waals surface area contributed by atoms with Gasteiger partial charge >= 0.3 is 0 Å². The van der Waals surface area contributed by atoms with Gasteiger partial charge in [-0.25, -0.2) is 0 Å². The molecule has 0 aliphatic heterocycles. The number of aryl methyl sites for hydroxylation is 1. The molecule has 3 aromatic rings. The molecule has 0 saturated carbocycles. The van der Waals surface area contributed by atoms with Crippen LogP contribution in [0.15, 0.2) is 54.6 Å². The van der Waals surface area contributed by atoms with Crippen LogP contribution in [0.5, 0.6) is 23.0 Å². The summed E-state index contributed by atoms with van der Waals surface area (Å²) in [5.74, 6) is 2.98. The van der Waals surface area contributed by atoms with Gasteiger partial charge in [0, 0.05) is 25.2 Å². The molecule has 0 fully saturated rings. The highest BCUT2D eigenvalue weighted by Gasteiger charge is 2.11. The van der Waals surface area contributed by atoms with Gasteiger partial charge in [0.2, 0.25) is 0 Å². The zero-order chi connectivity index (χ0) is 25.4. The first-order valence-electron chi connectivity index (χ1n) is 11.1. The number of amidine groups is 2. The summed E-state index contributed by atoms with van der Waals surface area (Å²) in [5, 5.41) is 21.5. The summed E-state index contributed by atoms with van der Waals surface area (Å²) in [6.45, 7) is 2.75. The molecule has 0 aromatic heterocycles. The second kappa shape index (κ2) is 11.8. The summed E-state index contributed by atoms with van der Waals surface area (Å²) in [6.07, 6.45) is 0. The minimum Gasteiger partial charge on any atom is -0.493 e. The summed E-state index contributed by atoms with van der Waals surface area (Å²) in [5.41, 5.74) is 4.54. The van der Waals surface area contributed by atoms with Crippen molar-refractivity contribution in [2.24, 2.45) is 0 Å². The average molecular weight is 477 g/mol. The Hall–Kier alpha value is -4.20. The Kier molecular flexibility index (Phi) is 8.56. The van der Waals surface area contributed by atoms with E-state index in [0.717, 1.165) is 27.8 Å². The Morgan fingerprint density at radius 1 is 0.657 bits per heavy atom. The van der Waals surface area contributed by atoms with Crippen LogP contribution in [0.3, 0.4) is 0 Å². The van der Waals surface area contributed by atoms with E-state index in [1.807, 2.05) is 37.3 Å². The van der Waals surface area contributed by atoms with E-state index in [-0.39, 0.29) is 0 Å². The Morgan fingerprint density at radius 3 is 1.46 bits per heavy atom. The third kappa shape index (κ3) is 6.44. The highest BCUT2D eigenvalue weighted by Crippen LogP contribution is 2.30. The molecule has 0 bridgehead atoms. The predicted molar refractivity (Wildman–Crippen MR) is 138 cm³/mol. The van der Waals surface area contributed by atoms with Crippen LogP contribution in [0.2, 0.25) is 0 Å². The number of rotatable bonds is 10. The van der Waals surface area contributed by atoms with Crippen LogP contribution in [0.25, 0.3) is 0 Å². The maximum absolute atomic E-state index is 7.93. The van der Waals surface area contributed by atoms with Crippen molar-refractivity contribution < 1.29 is 18.9 Å². The molecule has 0 unspecified atom stereocenters. The number of hydrogen-bond donors (Lipinski definition) is 4. The van der Waals surface area contributed by atoms with Crippen LogP contribution in [0, 0.1) is 17.7 Å². The Morgan fingerprint density at radius 2 is 1.09 bits per heavy atom. The lowest BCUT2D eigenvalue weighted by atomic mass is 10.1. The summed E-state index contributed by atoms with van der Waals surface area (Å²) in [4.78, 5) is 0. The lowest BCUT2D eigenvalue weighted by molar-refractivity contribution is 0.279. The molecular weight excluding hydrogens is 444 g/mol. The van der Waals surface area contributed by atoms with Gasteiger partial charge in [-0.3, -0.25) is 10.8 Å². The van der Waals surface area contributed by atoms with Crippen LogP contribution in [0.1, 0.15) is 27.8 Å². The topological polar surface area (TPSA) is 109 Å². The van der Waals surface area contributed by atoms with Crippen molar-refractivity contribution in [2.75, 3.05) is 28.3 Å². The third-order valence-corrected chi connectivity index (χ3v) is 5.39. The SMILES string of the molecule is CNC(=N)c1ccc(OCc2cc(C)cc(COc3ccc(C(=N)NC)cc3OC)c2)c(OC)c1. The number of benzene rings is 3. The van der Waals surface area contributed by atoms with Crippen molar-refractivity contribution in [2.45, 2.75) is 20.1 Å². The molecule has 8 nitrogen and oxygen atoms in total. The van der Waals surface area contributed by atoms with E-state index in [1.54, 1.807) is 40.4 Å². The van der Waals surface area contributed by atoms with Gasteiger partial charge in [0.05, 0.1) is 14.2 Å². The minimum absolute atomic E-state index is 0.310. The van der Waals surface area contributed by atoms with E-state index in [9.17, 15) is 0 Å². The fourth-order valence-corrected chi connectivity index (χ4v) is 3.61. The second-order valence-electron chi connectivity index (χ2n) is 7.89. The Balaban J connectivity index is 1.71. The zero-order valence-corrected chi connectivity index (χ0v) is 20.7. The van der Waals surface area contributed by atoms with Gasteiger partial charge in [-0.15, -0.1) is 0 Å². The Labute approximate surface area is 206 Å². The largest absolute Gasteiger partial charge is 0.493 e. The standard InChI is InChI=1S/C27H32N4O4/c1-17-10-18(15-34-22-8-6-20(26(28)30-2)13-24(22)32-4)12-19(11-17)16-35-23-9-7-21(27(29)31-3)14-25(23)33-5/h6-14H,15-16H2,1-5H3,(H2,28,30)(H2,29,31). The lowest BCUT2D eigenvalue weighted by Gasteiger charge is -2.15. The molecule has 0 aliphatic carbocycles. The first kappa shape index (κ1) is 25.4. The highest BCUT2D eigenvalue weighted by molar-refractivity contribution is 5.97. The molecule has 0 saturated heterocycles. The number of methoxy groups -OCH3 is 2. The maximum Gasteiger partial charge on any atom is 0.161 e. The van der Waals surface area contributed by atoms with Gasteiger partial charge in [-0.05, 0) is 60.5 Å². The zero-order valence-electron chi connectivity index (χ0n) is 20.7. The minimum atomic E-state index is 0.310. The van der Waals surface area contributed by atoms with Crippen LogP contribution < -0.4 is 29.6 Å². The van der Waals surface area contributed by atoms with Crippen LogP contribution in [0.4, 0.5) is 0 Å². The van der Waals surface area contributed by atoms with Crippen LogP contribution >= 0.6 is 0 Å². The van der Waals surface area contributed by atoms with Crippen molar-refractivity contribution in [1.82, 2.24) is 10.6 Å². The number of nitrogens with one attached hydrogen (secondary N) is 4. The number of ether oxygens (including phenoxy) is 4. The third-order valence-electron chi connectivity index (χ3n) is 5.39. The van der Waals surface area contributed by atoms with Crippen LogP contribution in [-0.2, 0) is 13.2 Å². The van der Waals surface area contributed by atoms with Gasteiger partial charge in [-0.1, -0.05) is 17.7 Å². The van der Waals surface area contributed by atoms with Gasteiger partial charge in [0.15, 0.2) is 23.0 Å². The Bertz CT molecular complexity index is 1120. The van der Waals surface area contributed by atoms with Gasteiger partial charge in [-0.2, -0.15) is 0 Å². The summed E-state index contributed by atoms with van der Waals surface area (Å²) < 4.78 is 23.0. The summed E-state index contributed by atoms with van der Waals surface area (Å²) in [7, 11) is 6.58. The van der Waals surface area contributed by atoms with Crippen molar-refractivity contribution in [3.05, 3.63) is 82.4 Å². The molecule has 0 aliphatic rings. The van der Waals surface area contributed by atoms with E-state index in [2.05, 4.69) is 22.8 Å². The van der Waals surface area contributed by atoms with Crippen molar-refractivity contribution in [1.29, 1.82) is 10.8 Å². The predicted octanol–water partition coefficient (Wildman–Crippen LogP) is 4.26. The van der Waals surface area contributed by atoms with E-state index in [4.69, 9.17) is 29.8 Å². The summed E-state index contributed by atoms with van der Waals surface area (Å²) >= 11 is 0. The van der Waals surface area contributed by atoms with E-state index >= 15 is 0 Å². The average Bonchev–Trinajstić information content (AvgIpc) is 2.89. The fourth-order valence-electron chi connectivity index (χ4n) is 3.61. The molecule has 3 rings (SSSR count). The molecule has 8 heteroatoms. The molecule has 3 aromatic carbocycles. The summed E-state index contributed by atoms with van der Waals surface area (Å²) in [6, 6.07) is 17.0. The lowest BCUT2D eigenvalue weighted by Crippen LogP contribution is -2.17. The van der Waals surface area contributed by atoms with E-state index < -0.39 is 0 Å². The second-order valence-corrected chi connectivity index (χ2v) is 7.89. The molecule has 0 radical (unpaired) electrons. The molecule has 0 amide bonds. The van der Waals surface area contributed by atoms with Gasteiger partial charge in [0.25, 0.3) is 0 Å².